The monoisotopic (exact) mass is 293 g/mol. The maximum atomic E-state index is 5.81. The molecule has 112 valence electrons. The van der Waals surface area contributed by atoms with Crippen molar-refractivity contribution in [3.63, 3.8) is 0 Å². The maximum absolute atomic E-state index is 5.81. The number of benzene rings is 1. The first-order valence-electron chi connectivity index (χ1n) is 7.78. The molecule has 0 fully saturated rings. The third kappa shape index (κ3) is 3.32. The zero-order chi connectivity index (χ0) is 14.5. The average Bonchev–Trinajstić information content (AvgIpc) is 2.45. The second kappa shape index (κ2) is 7.37. The highest BCUT2D eigenvalue weighted by Gasteiger charge is 2.33. The van der Waals surface area contributed by atoms with Gasteiger partial charge in [0.25, 0.3) is 0 Å². The quantitative estimate of drug-likeness (QED) is 0.840. The summed E-state index contributed by atoms with van der Waals surface area (Å²) < 4.78 is 5.81. The molecule has 3 heteroatoms. The lowest BCUT2D eigenvalue weighted by Crippen LogP contribution is -2.36. The highest BCUT2D eigenvalue weighted by Crippen LogP contribution is 2.44. The third-order valence-electron chi connectivity index (χ3n) is 3.82. The van der Waals surface area contributed by atoms with Gasteiger partial charge in [-0.3, -0.25) is 0 Å². The topological polar surface area (TPSA) is 21.3 Å². The van der Waals surface area contributed by atoms with Gasteiger partial charge in [0.15, 0.2) is 0 Å². The Morgan fingerprint density at radius 3 is 2.80 bits per heavy atom. The van der Waals surface area contributed by atoms with E-state index in [1.54, 1.807) is 0 Å². The molecule has 0 radical (unpaired) electrons. The molecule has 0 amide bonds. The molecule has 1 aliphatic heterocycles. The molecule has 1 N–H and O–H groups in total. The smallest absolute Gasteiger partial charge is 0.123 e. The minimum absolute atomic E-state index is 0.448. The van der Waals surface area contributed by atoms with Gasteiger partial charge in [0.05, 0.1) is 6.61 Å². The molecule has 0 spiro atoms. The first-order valence-corrected chi connectivity index (χ1v) is 8.83. The van der Waals surface area contributed by atoms with Crippen molar-refractivity contribution in [2.75, 3.05) is 13.2 Å². The minimum Gasteiger partial charge on any atom is -0.494 e. The number of nitrogens with one attached hydrogen (secondary N) is 1. The zero-order valence-corrected chi connectivity index (χ0v) is 13.9. The van der Waals surface area contributed by atoms with Crippen molar-refractivity contribution in [2.45, 2.75) is 51.2 Å². The van der Waals surface area contributed by atoms with Crippen molar-refractivity contribution in [3.05, 3.63) is 29.3 Å². The van der Waals surface area contributed by atoms with Crippen LogP contribution in [0.1, 0.15) is 51.3 Å². The first kappa shape index (κ1) is 15.7. The molecule has 1 aromatic carbocycles. The molecule has 0 bridgehead atoms. The van der Waals surface area contributed by atoms with Gasteiger partial charge < -0.3 is 10.1 Å². The van der Waals surface area contributed by atoms with Gasteiger partial charge in [-0.2, -0.15) is 11.8 Å². The number of thioether (sulfide) groups is 1. The Morgan fingerprint density at radius 2 is 2.15 bits per heavy atom. The minimum atomic E-state index is 0.448. The highest BCUT2D eigenvalue weighted by molar-refractivity contribution is 7.99. The van der Waals surface area contributed by atoms with Crippen molar-refractivity contribution in [3.8, 4) is 5.75 Å². The summed E-state index contributed by atoms with van der Waals surface area (Å²) in [7, 11) is 0. The summed E-state index contributed by atoms with van der Waals surface area (Å²) in [5, 5.41) is 4.40. The highest BCUT2D eigenvalue weighted by atomic mass is 32.2. The number of ether oxygens (including phenoxy) is 1. The van der Waals surface area contributed by atoms with Crippen molar-refractivity contribution in [1.82, 2.24) is 5.32 Å². The fourth-order valence-electron chi connectivity index (χ4n) is 2.88. The summed E-state index contributed by atoms with van der Waals surface area (Å²) in [6, 6.07) is 6.97. The maximum Gasteiger partial charge on any atom is 0.123 e. The van der Waals surface area contributed by atoms with E-state index in [9.17, 15) is 0 Å². The van der Waals surface area contributed by atoms with E-state index in [1.165, 1.54) is 17.5 Å². The molecule has 0 aliphatic carbocycles. The Kier molecular flexibility index (Phi) is 5.79. The van der Waals surface area contributed by atoms with E-state index < -0.39 is 0 Å². The number of rotatable bonds is 6. The molecule has 0 saturated carbocycles. The Morgan fingerprint density at radius 1 is 1.35 bits per heavy atom. The summed E-state index contributed by atoms with van der Waals surface area (Å²) >= 11 is 2.07. The van der Waals surface area contributed by atoms with E-state index in [2.05, 4.69) is 63.0 Å². The van der Waals surface area contributed by atoms with Crippen LogP contribution >= 0.6 is 11.8 Å². The normalized spacial score (nSPS) is 21.9. The van der Waals surface area contributed by atoms with Crippen LogP contribution in [-0.4, -0.2) is 18.4 Å². The molecular formula is C17H27NOS. The molecule has 1 aromatic rings. The van der Waals surface area contributed by atoms with Crippen molar-refractivity contribution < 1.29 is 4.74 Å². The van der Waals surface area contributed by atoms with Gasteiger partial charge in [-0.1, -0.05) is 32.9 Å². The van der Waals surface area contributed by atoms with E-state index >= 15 is 0 Å². The van der Waals surface area contributed by atoms with E-state index in [1.807, 2.05) is 0 Å². The second-order valence-electron chi connectivity index (χ2n) is 5.71. The number of hydrogen-bond donors (Lipinski definition) is 1. The van der Waals surface area contributed by atoms with Crippen LogP contribution in [0, 0.1) is 5.92 Å². The lowest BCUT2D eigenvalue weighted by molar-refractivity contribution is 0.335. The predicted octanol–water partition coefficient (Wildman–Crippen LogP) is 4.40. The molecule has 2 nitrogen and oxygen atoms in total. The van der Waals surface area contributed by atoms with E-state index in [-0.39, 0.29) is 0 Å². The van der Waals surface area contributed by atoms with Gasteiger partial charge in [0.1, 0.15) is 5.75 Å². The molecule has 1 heterocycles. The third-order valence-corrected chi connectivity index (χ3v) is 5.48. The van der Waals surface area contributed by atoms with Crippen molar-refractivity contribution >= 4 is 11.8 Å². The van der Waals surface area contributed by atoms with Crippen LogP contribution in [0.4, 0.5) is 0 Å². The zero-order valence-electron chi connectivity index (χ0n) is 13.1. The standard InChI is InChI=1S/C17H27NOS/c1-5-10-18-16-13-8-7-9-15(19-6-2)14(13)11-20-17(16)12(3)4/h7-9,12,16-18H,5-6,10-11H2,1-4H3. The Labute approximate surface area is 127 Å². The van der Waals surface area contributed by atoms with Gasteiger partial charge in [0.2, 0.25) is 0 Å². The summed E-state index contributed by atoms with van der Waals surface area (Å²) in [6.07, 6.45) is 1.17. The number of fused-ring (bicyclic) bond motifs is 1. The molecule has 0 saturated heterocycles. The Hall–Kier alpha value is -0.670. The largest absolute Gasteiger partial charge is 0.494 e. The van der Waals surface area contributed by atoms with Crippen LogP contribution in [0.2, 0.25) is 0 Å². The van der Waals surface area contributed by atoms with Crippen LogP contribution in [0.15, 0.2) is 18.2 Å². The fraction of sp³-hybridized carbons (Fsp3) is 0.647. The molecule has 1 aliphatic rings. The van der Waals surface area contributed by atoms with Crippen LogP contribution in [-0.2, 0) is 5.75 Å². The predicted molar refractivity (Wildman–Crippen MR) is 88.6 cm³/mol. The van der Waals surface area contributed by atoms with Crippen LogP contribution in [0.25, 0.3) is 0 Å². The molecule has 2 unspecified atom stereocenters. The SMILES string of the molecule is CCCNC1c2cccc(OCC)c2CSC1C(C)C. The van der Waals surface area contributed by atoms with Crippen molar-refractivity contribution in [2.24, 2.45) is 5.92 Å². The van der Waals surface area contributed by atoms with Gasteiger partial charge in [-0.15, -0.1) is 0 Å². The summed E-state index contributed by atoms with van der Waals surface area (Å²) in [5.74, 6) is 2.82. The van der Waals surface area contributed by atoms with Gasteiger partial charge in [-0.05, 0) is 37.4 Å². The lowest BCUT2D eigenvalue weighted by atomic mass is 9.92. The second-order valence-corrected chi connectivity index (χ2v) is 6.87. The summed E-state index contributed by atoms with van der Waals surface area (Å²) in [4.78, 5) is 0. The number of hydrogen-bond acceptors (Lipinski definition) is 3. The van der Waals surface area contributed by atoms with Crippen LogP contribution < -0.4 is 10.1 Å². The Bertz CT molecular complexity index is 433. The molecule has 2 rings (SSSR count). The summed E-state index contributed by atoms with van der Waals surface area (Å²) in [5.41, 5.74) is 2.84. The van der Waals surface area contributed by atoms with Gasteiger partial charge >= 0.3 is 0 Å². The first-order chi connectivity index (χ1) is 9.69. The molecule has 20 heavy (non-hydrogen) atoms. The molecular weight excluding hydrogens is 266 g/mol. The molecule has 2 atom stereocenters. The average molecular weight is 293 g/mol. The van der Waals surface area contributed by atoms with E-state index in [0.717, 1.165) is 24.7 Å². The fourth-order valence-corrected chi connectivity index (χ4v) is 4.36. The lowest BCUT2D eigenvalue weighted by Gasteiger charge is -2.37. The Balaban J connectivity index is 2.33. The van der Waals surface area contributed by atoms with Crippen molar-refractivity contribution in [1.29, 1.82) is 0 Å². The van der Waals surface area contributed by atoms with Crippen LogP contribution in [0.3, 0.4) is 0 Å². The van der Waals surface area contributed by atoms with Crippen LogP contribution in [0.5, 0.6) is 5.75 Å². The van der Waals surface area contributed by atoms with Gasteiger partial charge in [-0.25, -0.2) is 0 Å². The molecule has 0 aromatic heterocycles. The van der Waals surface area contributed by atoms with E-state index in [4.69, 9.17) is 4.74 Å². The van der Waals surface area contributed by atoms with E-state index in [0.29, 0.717) is 17.2 Å². The van der Waals surface area contributed by atoms with Gasteiger partial charge in [0, 0.05) is 22.6 Å². The summed E-state index contributed by atoms with van der Waals surface area (Å²) in [6.45, 7) is 10.8.